The fraction of sp³-hybridized carbons (Fsp3) is 0.692. The zero-order chi connectivity index (χ0) is 14.5. The first-order valence-corrected chi connectivity index (χ1v) is 6.70. The number of alkyl halides is 4. The Kier molecular flexibility index (Phi) is 3.10. The third kappa shape index (κ3) is 1.79. The average molecular weight is 291 g/mol. The van der Waals surface area contributed by atoms with Crippen molar-refractivity contribution in [3.05, 3.63) is 23.5 Å². The Morgan fingerprint density at radius 1 is 1.30 bits per heavy atom. The van der Waals surface area contributed by atoms with Crippen LogP contribution in [0.15, 0.2) is 12.1 Å². The zero-order valence-corrected chi connectivity index (χ0v) is 11.2. The number of fused-ring (bicyclic) bond motifs is 2. The Morgan fingerprint density at radius 2 is 2.05 bits per heavy atom. The maximum Gasteiger partial charge on any atom is 0.431 e. The van der Waals surface area contributed by atoms with Crippen LogP contribution in [0.25, 0.3) is 0 Å². The number of nitrogens with zero attached hydrogens (tertiary/aromatic N) is 2. The van der Waals surface area contributed by atoms with Crippen LogP contribution in [0.5, 0.6) is 0 Å². The van der Waals surface area contributed by atoms with Crippen molar-refractivity contribution in [2.45, 2.75) is 30.9 Å². The van der Waals surface area contributed by atoms with Crippen molar-refractivity contribution in [1.29, 1.82) is 0 Å². The van der Waals surface area contributed by atoms with Crippen molar-refractivity contribution < 1.29 is 17.6 Å². The molecule has 3 heterocycles. The lowest BCUT2D eigenvalue weighted by molar-refractivity contribution is -0.145. The summed E-state index contributed by atoms with van der Waals surface area (Å²) in [5.41, 5.74) is -1.16. The van der Waals surface area contributed by atoms with Crippen LogP contribution in [0.1, 0.15) is 17.8 Å². The predicted molar refractivity (Wildman–Crippen MR) is 66.1 cm³/mol. The van der Waals surface area contributed by atoms with Crippen LogP contribution in [0.4, 0.5) is 17.6 Å². The molecule has 0 aliphatic carbocycles. The van der Waals surface area contributed by atoms with Crippen molar-refractivity contribution in [1.82, 2.24) is 14.8 Å². The standard InChI is InChI=1S/C13H17F4N3/c1-19-6-7-20-10(2-3-11(20)13(15,16)17)12(19)4-5-18-8-9(12)14/h2-3,9,18H,4-8H2,1H3/t9-,12+/m0/s1. The summed E-state index contributed by atoms with van der Waals surface area (Å²) in [6.07, 6.45) is -5.13. The molecule has 0 aromatic carbocycles. The molecule has 112 valence electrons. The molecule has 1 spiro atoms. The molecule has 2 aliphatic heterocycles. The van der Waals surface area contributed by atoms with Crippen molar-refractivity contribution in [3.8, 4) is 0 Å². The Balaban J connectivity index is 2.13. The van der Waals surface area contributed by atoms with Crippen LogP contribution >= 0.6 is 0 Å². The van der Waals surface area contributed by atoms with Gasteiger partial charge in [-0.1, -0.05) is 0 Å². The fourth-order valence-electron chi connectivity index (χ4n) is 3.53. The van der Waals surface area contributed by atoms with E-state index in [0.29, 0.717) is 25.2 Å². The van der Waals surface area contributed by atoms with Gasteiger partial charge in [0.15, 0.2) is 0 Å². The number of rotatable bonds is 0. The number of likely N-dealkylation sites (N-methyl/N-ethyl adjacent to an activating group) is 1. The molecule has 2 atom stereocenters. The van der Waals surface area contributed by atoms with E-state index >= 15 is 0 Å². The Hall–Kier alpha value is -1.08. The number of hydrogen-bond acceptors (Lipinski definition) is 2. The number of aromatic nitrogens is 1. The van der Waals surface area contributed by atoms with Crippen LogP contribution in [-0.4, -0.2) is 42.3 Å². The molecule has 1 N–H and O–H groups in total. The molecule has 0 saturated carbocycles. The van der Waals surface area contributed by atoms with Gasteiger partial charge < -0.3 is 9.88 Å². The Labute approximate surface area is 114 Å². The van der Waals surface area contributed by atoms with Crippen molar-refractivity contribution in [2.75, 3.05) is 26.7 Å². The highest BCUT2D eigenvalue weighted by molar-refractivity contribution is 5.30. The second-order valence-corrected chi connectivity index (χ2v) is 5.52. The zero-order valence-electron chi connectivity index (χ0n) is 11.2. The second-order valence-electron chi connectivity index (χ2n) is 5.52. The monoisotopic (exact) mass is 291 g/mol. The molecule has 0 radical (unpaired) electrons. The highest BCUT2D eigenvalue weighted by atomic mass is 19.4. The molecule has 3 rings (SSSR count). The average Bonchev–Trinajstić information content (AvgIpc) is 2.81. The first kappa shape index (κ1) is 13.9. The van der Waals surface area contributed by atoms with E-state index < -0.39 is 23.6 Å². The molecule has 0 amide bonds. The summed E-state index contributed by atoms with van der Waals surface area (Å²) < 4.78 is 54.9. The molecular weight excluding hydrogens is 274 g/mol. The molecule has 1 fully saturated rings. The lowest BCUT2D eigenvalue weighted by Gasteiger charge is -2.50. The van der Waals surface area contributed by atoms with Gasteiger partial charge in [0, 0.05) is 25.3 Å². The normalized spacial score (nSPS) is 31.6. The van der Waals surface area contributed by atoms with Crippen LogP contribution < -0.4 is 5.32 Å². The lowest BCUT2D eigenvalue weighted by atomic mass is 9.80. The second kappa shape index (κ2) is 4.46. The third-order valence-electron chi connectivity index (χ3n) is 4.58. The highest BCUT2D eigenvalue weighted by Crippen LogP contribution is 2.43. The van der Waals surface area contributed by atoms with Crippen molar-refractivity contribution in [3.63, 3.8) is 0 Å². The maximum absolute atomic E-state index is 14.6. The van der Waals surface area contributed by atoms with Crippen molar-refractivity contribution >= 4 is 0 Å². The summed E-state index contributed by atoms with van der Waals surface area (Å²) in [6.45, 7) is 1.45. The summed E-state index contributed by atoms with van der Waals surface area (Å²) in [5.74, 6) is 0. The van der Waals surface area contributed by atoms with E-state index in [4.69, 9.17) is 0 Å². The number of nitrogens with one attached hydrogen (secondary N) is 1. The largest absolute Gasteiger partial charge is 0.431 e. The summed E-state index contributed by atoms with van der Waals surface area (Å²) in [7, 11) is 1.79. The van der Waals surface area contributed by atoms with E-state index in [1.54, 1.807) is 7.05 Å². The summed E-state index contributed by atoms with van der Waals surface area (Å²) in [5, 5.41) is 2.96. The molecule has 2 aliphatic rings. The molecule has 0 bridgehead atoms. The number of hydrogen-bond donors (Lipinski definition) is 1. The molecule has 0 unspecified atom stereocenters. The van der Waals surface area contributed by atoms with Gasteiger partial charge in [0.1, 0.15) is 11.9 Å². The molecule has 1 aromatic heterocycles. The van der Waals surface area contributed by atoms with Gasteiger partial charge in [-0.3, -0.25) is 4.90 Å². The third-order valence-corrected chi connectivity index (χ3v) is 4.58. The van der Waals surface area contributed by atoms with Crippen LogP contribution in [0.2, 0.25) is 0 Å². The van der Waals surface area contributed by atoms with Gasteiger partial charge in [0.2, 0.25) is 0 Å². The van der Waals surface area contributed by atoms with E-state index in [-0.39, 0.29) is 13.1 Å². The quantitative estimate of drug-likeness (QED) is 0.738. The van der Waals surface area contributed by atoms with E-state index in [1.807, 2.05) is 4.90 Å². The Morgan fingerprint density at radius 3 is 2.70 bits per heavy atom. The Bertz CT molecular complexity index is 510. The molecule has 20 heavy (non-hydrogen) atoms. The van der Waals surface area contributed by atoms with E-state index in [1.165, 1.54) is 10.6 Å². The molecule has 1 aromatic rings. The van der Waals surface area contributed by atoms with Crippen LogP contribution in [0, 0.1) is 0 Å². The van der Waals surface area contributed by atoms with Gasteiger partial charge in [-0.25, -0.2) is 4.39 Å². The van der Waals surface area contributed by atoms with Gasteiger partial charge in [-0.2, -0.15) is 13.2 Å². The predicted octanol–water partition coefficient (Wildman–Crippen LogP) is 1.98. The fourth-order valence-corrected chi connectivity index (χ4v) is 3.53. The van der Waals surface area contributed by atoms with E-state index in [0.717, 1.165) is 6.07 Å². The van der Waals surface area contributed by atoms with Crippen LogP contribution in [-0.2, 0) is 18.3 Å². The van der Waals surface area contributed by atoms with E-state index in [9.17, 15) is 17.6 Å². The minimum absolute atomic E-state index is 0.177. The molecule has 1 saturated heterocycles. The summed E-state index contributed by atoms with van der Waals surface area (Å²) in [4.78, 5) is 1.87. The highest BCUT2D eigenvalue weighted by Gasteiger charge is 2.51. The van der Waals surface area contributed by atoms with E-state index in [2.05, 4.69) is 5.32 Å². The van der Waals surface area contributed by atoms with Gasteiger partial charge in [-0.15, -0.1) is 0 Å². The van der Waals surface area contributed by atoms with Gasteiger partial charge in [0.05, 0.1) is 5.54 Å². The number of halogens is 4. The summed E-state index contributed by atoms with van der Waals surface area (Å²) >= 11 is 0. The topological polar surface area (TPSA) is 20.2 Å². The molecule has 7 heteroatoms. The lowest BCUT2D eigenvalue weighted by Crippen LogP contribution is -2.62. The smallest absolute Gasteiger partial charge is 0.338 e. The maximum atomic E-state index is 14.6. The first-order valence-electron chi connectivity index (χ1n) is 6.70. The van der Waals surface area contributed by atoms with Gasteiger partial charge in [-0.05, 0) is 32.1 Å². The molecule has 3 nitrogen and oxygen atoms in total. The first-order chi connectivity index (χ1) is 9.37. The number of piperidine rings is 1. The summed E-state index contributed by atoms with van der Waals surface area (Å²) in [6, 6.07) is 2.52. The minimum atomic E-state index is -4.39. The van der Waals surface area contributed by atoms with Gasteiger partial charge in [0.25, 0.3) is 0 Å². The minimum Gasteiger partial charge on any atom is -0.338 e. The van der Waals surface area contributed by atoms with Crippen molar-refractivity contribution in [2.24, 2.45) is 0 Å². The molecular formula is C13H17F4N3. The van der Waals surface area contributed by atoms with Gasteiger partial charge >= 0.3 is 6.18 Å². The SMILES string of the molecule is CN1CCn2c(C(F)(F)F)ccc2[C@]12CCNC[C@@H]2F. The van der Waals surface area contributed by atoms with Crippen LogP contribution in [0.3, 0.4) is 0 Å².